The molecule has 0 aliphatic heterocycles. The van der Waals surface area contributed by atoms with Crippen molar-refractivity contribution < 1.29 is 19.4 Å². The highest BCUT2D eigenvalue weighted by molar-refractivity contribution is 5.81. The van der Waals surface area contributed by atoms with Crippen molar-refractivity contribution in [3.05, 3.63) is 0 Å². The zero-order valence-corrected chi connectivity index (χ0v) is 9.99. The first-order chi connectivity index (χ1) is 7.61. The van der Waals surface area contributed by atoms with Gasteiger partial charge in [0.05, 0.1) is 13.5 Å². The van der Waals surface area contributed by atoms with Crippen molar-refractivity contribution in [1.29, 1.82) is 0 Å². The van der Waals surface area contributed by atoms with E-state index in [1.165, 1.54) is 7.11 Å². The molecule has 0 unspecified atom stereocenters. The second-order valence-electron chi connectivity index (χ2n) is 3.69. The minimum absolute atomic E-state index is 0.125. The number of nitrogens with one attached hydrogen (secondary N) is 1. The molecule has 0 spiro atoms. The van der Waals surface area contributed by atoms with Gasteiger partial charge in [0.2, 0.25) is 0 Å². The molecule has 0 radical (unpaired) electrons. The maximum Gasteiger partial charge on any atom is 0.321 e. The standard InChI is InChI=1S/C11H21NO4/c1-3-4-5-6-7-12-9(11(14)15)8-10(13)16-2/h9,12H,3-8H2,1-2H3,(H,14,15)/t9-/m0/s1. The summed E-state index contributed by atoms with van der Waals surface area (Å²) in [4.78, 5) is 21.7. The molecule has 0 aliphatic rings. The molecule has 5 nitrogen and oxygen atoms in total. The number of rotatable bonds is 9. The van der Waals surface area contributed by atoms with Crippen molar-refractivity contribution >= 4 is 11.9 Å². The SMILES string of the molecule is CCCCCCN[C@@H](CC(=O)OC)C(=O)O. The number of unbranched alkanes of at least 4 members (excludes halogenated alkanes) is 3. The highest BCUT2D eigenvalue weighted by Gasteiger charge is 2.20. The van der Waals surface area contributed by atoms with E-state index in [1.54, 1.807) is 0 Å². The Bertz CT molecular complexity index is 218. The number of hydrogen-bond donors (Lipinski definition) is 2. The molecule has 0 saturated carbocycles. The summed E-state index contributed by atoms with van der Waals surface area (Å²) in [5, 5.41) is 11.7. The fourth-order valence-corrected chi connectivity index (χ4v) is 1.32. The molecule has 0 aliphatic carbocycles. The third kappa shape index (κ3) is 7.23. The largest absolute Gasteiger partial charge is 0.480 e. The van der Waals surface area contributed by atoms with Gasteiger partial charge in [-0.3, -0.25) is 9.59 Å². The van der Waals surface area contributed by atoms with Crippen molar-refractivity contribution in [2.75, 3.05) is 13.7 Å². The molecule has 0 bridgehead atoms. The third-order valence-electron chi connectivity index (χ3n) is 2.32. The number of methoxy groups -OCH3 is 1. The van der Waals surface area contributed by atoms with Gasteiger partial charge in [0.25, 0.3) is 0 Å². The van der Waals surface area contributed by atoms with E-state index in [-0.39, 0.29) is 6.42 Å². The summed E-state index contributed by atoms with van der Waals surface area (Å²) in [7, 11) is 1.25. The van der Waals surface area contributed by atoms with Gasteiger partial charge in [-0.05, 0) is 13.0 Å². The number of ether oxygens (including phenoxy) is 1. The molecule has 16 heavy (non-hydrogen) atoms. The maximum atomic E-state index is 10.9. The highest BCUT2D eigenvalue weighted by Crippen LogP contribution is 1.99. The van der Waals surface area contributed by atoms with Gasteiger partial charge < -0.3 is 15.2 Å². The number of carbonyl (C=O) groups excluding carboxylic acids is 1. The lowest BCUT2D eigenvalue weighted by atomic mass is 10.1. The van der Waals surface area contributed by atoms with E-state index in [4.69, 9.17) is 5.11 Å². The Hall–Kier alpha value is -1.10. The number of carbonyl (C=O) groups is 2. The molecule has 0 fully saturated rings. The van der Waals surface area contributed by atoms with E-state index < -0.39 is 18.0 Å². The van der Waals surface area contributed by atoms with Crippen LogP contribution in [0.15, 0.2) is 0 Å². The van der Waals surface area contributed by atoms with Gasteiger partial charge in [-0.25, -0.2) is 0 Å². The Labute approximate surface area is 96.2 Å². The summed E-state index contributed by atoms with van der Waals surface area (Å²) in [5.41, 5.74) is 0. The van der Waals surface area contributed by atoms with E-state index >= 15 is 0 Å². The predicted molar refractivity (Wildman–Crippen MR) is 60.2 cm³/mol. The van der Waals surface area contributed by atoms with Crippen LogP contribution in [-0.4, -0.2) is 36.7 Å². The van der Waals surface area contributed by atoms with Gasteiger partial charge in [0.1, 0.15) is 6.04 Å². The number of aliphatic carboxylic acids is 1. The van der Waals surface area contributed by atoms with Gasteiger partial charge in [-0.2, -0.15) is 0 Å². The summed E-state index contributed by atoms with van der Waals surface area (Å²) < 4.78 is 4.43. The molecule has 0 aromatic rings. The van der Waals surface area contributed by atoms with E-state index in [9.17, 15) is 9.59 Å². The van der Waals surface area contributed by atoms with Crippen molar-refractivity contribution in [3.63, 3.8) is 0 Å². The van der Waals surface area contributed by atoms with Gasteiger partial charge in [0, 0.05) is 0 Å². The van der Waals surface area contributed by atoms with Crippen LogP contribution in [0.3, 0.4) is 0 Å². The molecular formula is C11H21NO4. The van der Waals surface area contributed by atoms with E-state index in [0.717, 1.165) is 25.7 Å². The normalized spacial score (nSPS) is 12.1. The van der Waals surface area contributed by atoms with Gasteiger partial charge >= 0.3 is 11.9 Å². The van der Waals surface area contributed by atoms with Crippen LogP contribution in [0.1, 0.15) is 39.0 Å². The lowest BCUT2D eigenvalue weighted by molar-refractivity contribution is -0.147. The van der Waals surface area contributed by atoms with Crippen LogP contribution in [-0.2, 0) is 14.3 Å². The van der Waals surface area contributed by atoms with Crippen LogP contribution in [0.25, 0.3) is 0 Å². The Balaban J connectivity index is 3.77. The summed E-state index contributed by atoms with van der Waals surface area (Å²) in [6.45, 7) is 2.73. The molecular weight excluding hydrogens is 210 g/mol. The van der Waals surface area contributed by atoms with Crippen LogP contribution in [0.5, 0.6) is 0 Å². The third-order valence-corrected chi connectivity index (χ3v) is 2.32. The maximum absolute atomic E-state index is 10.9. The fraction of sp³-hybridized carbons (Fsp3) is 0.818. The van der Waals surface area contributed by atoms with Gasteiger partial charge in [-0.1, -0.05) is 26.2 Å². The van der Waals surface area contributed by atoms with Crippen LogP contribution < -0.4 is 5.32 Å². The predicted octanol–water partition coefficient (Wildman–Crippen LogP) is 1.17. The summed E-state index contributed by atoms with van der Waals surface area (Å²) in [5.74, 6) is -1.52. The average Bonchev–Trinajstić information content (AvgIpc) is 2.26. The van der Waals surface area contributed by atoms with Gasteiger partial charge in [0.15, 0.2) is 0 Å². The van der Waals surface area contributed by atoms with Gasteiger partial charge in [-0.15, -0.1) is 0 Å². The fourth-order valence-electron chi connectivity index (χ4n) is 1.32. The highest BCUT2D eigenvalue weighted by atomic mass is 16.5. The second-order valence-corrected chi connectivity index (χ2v) is 3.69. The molecule has 94 valence electrons. The summed E-state index contributed by atoms with van der Waals surface area (Å²) in [6, 6.07) is -0.839. The van der Waals surface area contributed by atoms with E-state index in [0.29, 0.717) is 6.54 Å². The van der Waals surface area contributed by atoms with Crippen LogP contribution in [0.4, 0.5) is 0 Å². The first kappa shape index (κ1) is 14.9. The molecule has 0 rings (SSSR count). The topological polar surface area (TPSA) is 75.6 Å². The smallest absolute Gasteiger partial charge is 0.321 e. The number of carboxylic acids is 1. The Morgan fingerprint density at radius 1 is 1.31 bits per heavy atom. The molecule has 5 heteroatoms. The average molecular weight is 231 g/mol. The first-order valence-corrected chi connectivity index (χ1v) is 5.64. The first-order valence-electron chi connectivity index (χ1n) is 5.64. The Kier molecular flexibility index (Phi) is 8.52. The zero-order valence-electron chi connectivity index (χ0n) is 9.99. The van der Waals surface area contributed by atoms with Crippen LogP contribution >= 0.6 is 0 Å². The second kappa shape index (κ2) is 9.15. The summed E-state index contributed by atoms with van der Waals surface area (Å²) in [6.07, 6.45) is 4.17. The quantitative estimate of drug-likeness (QED) is 0.460. The molecule has 1 atom stereocenters. The number of carboxylic acid groups (broad SMARTS) is 1. The van der Waals surface area contributed by atoms with Crippen LogP contribution in [0.2, 0.25) is 0 Å². The molecule has 0 aromatic carbocycles. The Morgan fingerprint density at radius 3 is 2.50 bits per heavy atom. The van der Waals surface area contributed by atoms with Crippen molar-refractivity contribution in [3.8, 4) is 0 Å². The summed E-state index contributed by atoms with van der Waals surface area (Å²) >= 11 is 0. The van der Waals surface area contributed by atoms with Crippen LogP contribution in [0, 0.1) is 0 Å². The molecule has 0 heterocycles. The molecule has 2 N–H and O–H groups in total. The lowest BCUT2D eigenvalue weighted by Crippen LogP contribution is -2.39. The number of hydrogen-bond acceptors (Lipinski definition) is 4. The zero-order chi connectivity index (χ0) is 12.4. The van der Waals surface area contributed by atoms with Crippen molar-refractivity contribution in [2.45, 2.75) is 45.1 Å². The van der Waals surface area contributed by atoms with Crippen molar-refractivity contribution in [1.82, 2.24) is 5.32 Å². The van der Waals surface area contributed by atoms with E-state index in [1.807, 2.05) is 0 Å². The lowest BCUT2D eigenvalue weighted by Gasteiger charge is -2.12. The number of esters is 1. The van der Waals surface area contributed by atoms with Crippen molar-refractivity contribution in [2.24, 2.45) is 0 Å². The molecule has 0 saturated heterocycles. The van der Waals surface area contributed by atoms with E-state index in [2.05, 4.69) is 17.0 Å². The minimum Gasteiger partial charge on any atom is -0.480 e. The molecule has 0 amide bonds. The minimum atomic E-state index is -1.01. The molecule has 0 aromatic heterocycles. The Morgan fingerprint density at radius 2 is 2.00 bits per heavy atom. The monoisotopic (exact) mass is 231 g/mol.